The Morgan fingerprint density at radius 1 is 1.36 bits per heavy atom. The molecule has 22 heavy (non-hydrogen) atoms. The van der Waals surface area contributed by atoms with Gasteiger partial charge in [-0.3, -0.25) is 0 Å². The highest BCUT2D eigenvalue weighted by Gasteiger charge is 2.38. The maximum atomic E-state index is 10.6. The highest BCUT2D eigenvalue weighted by Crippen LogP contribution is 2.13. The summed E-state index contributed by atoms with van der Waals surface area (Å²) in [6, 6.07) is 1.45. The Labute approximate surface area is 123 Å². The molecule has 0 fully saturated rings. The summed E-state index contributed by atoms with van der Waals surface area (Å²) in [5, 5.41) is 18.8. The topological polar surface area (TPSA) is 122 Å². The number of nitrogens with zero attached hydrogens (tertiary/aromatic N) is 2. The van der Waals surface area contributed by atoms with E-state index in [9.17, 15) is 18.0 Å². The fourth-order valence-corrected chi connectivity index (χ4v) is 1.10. The van der Waals surface area contributed by atoms with Crippen LogP contribution in [0.5, 0.6) is 0 Å². The summed E-state index contributed by atoms with van der Waals surface area (Å²) in [6.07, 6.45) is -3.87. The molecular formula is C11H14F3N3O5. The number of anilines is 1. The van der Waals surface area contributed by atoms with Crippen LogP contribution in [0.25, 0.3) is 0 Å². The van der Waals surface area contributed by atoms with Gasteiger partial charge >= 0.3 is 18.1 Å². The molecule has 0 saturated heterocycles. The third-order valence-electron chi connectivity index (χ3n) is 1.94. The number of halogens is 3. The molecule has 1 aromatic rings. The summed E-state index contributed by atoms with van der Waals surface area (Å²) < 4.78 is 36.7. The van der Waals surface area contributed by atoms with Crippen molar-refractivity contribution in [3.05, 3.63) is 18.1 Å². The summed E-state index contributed by atoms with van der Waals surface area (Å²) in [5.74, 6) is -3.35. The molecule has 1 rings (SSSR count). The lowest BCUT2D eigenvalue weighted by Gasteiger charge is -2.12. The zero-order chi connectivity index (χ0) is 17.3. The van der Waals surface area contributed by atoms with Gasteiger partial charge in [0.15, 0.2) is 5.69 Å². The molecule has 0 radical (unpaired) electrons. The maximum absolute atomic E-state index is 10.6. The summed E-state index contributed by atoms with van der Waals surface area (Å²) in [6.45, 7) is 2.43. The second kappa shape index (κ2) is 8.77. The first-order valence-electron chi connectivity index (χ1n) is 5.68. The van der Waals surface area contributed by atoms with Crippen LogP contribution in [0.4, 0.5) is 19.0 Å². The number of hydrogen-bond donors (Lipinski definition) is 3. The van der Waals surface area contributed by atoms with E-state index in [1.807, 2.05) is 6.92 Å². The molecule has 0 aliphatic heterocycles. The van der Waals surface area contributed by atoms with Crippen molar-refractivity contribution >= 4 is 17.8 Å². The summed E-state index contributed by atoms with van der Waals surface area (Å²) in [5.41, 5.74) is -0.0304. The highest BCUT2D eigenvalue weighted by atomic mass is 19.4. The van der Waals surface area contributed by atoms with E-state index in [0.29, 0.717) is 12.4 Å². The fraction of sp³-hybridized carbons (Fsp3) is 0.455. The average molecular weight is 325 g/mol. The van der Waals surface area contributed by atoms with Gasteiger partial charge in [-0.05, 0) is 6.92 Å². The van der Waals surface area contributed by atoms with Crippen LogP contribution in [0.1, 0.15) is 17.4 Å². The lowest BCUT2D eigenvalue weighted by atomic mass is 10.3. The maximum Gasteiger partial charge on any atom is 0.490 e. The molecule has 0 saturated carbocycles. The number of aromatic carboxylic acids is 1. The number of ether oxygens (including phenoxy) is 1. The SMILES string of the molecule is COC[C@@H](C)Nc1cc(C(=O)O)ncn1.O=C(O)C(F)(F)F. The third-order valence-corrected chi connectivity index (χ3v) is 1.94. The number of aliphatic carboxylic acids is 1. The van der Waals surface area contributed by atoms with Gasteiger partial charge in [-0.25, -0.2) is 19.6 Å². The molecule has 1 aromatic heterocycles. The van der Waals surface area contributed by atoms with E-state index in [-0.39, 0.29) is 11.7 Å². The van der Waals surface area contributed by atoms with E-state index >= 15 is 0 Å². The lowest BCUT2D eigenvalue weighted by molar-refractivity contribution is -0.192. The smallest absolute Gasteiger partial charge is 0.477 e. The van der Waals surface area contributed by atoms with Gasteiger partial charge in [-0.1, -0.05) is 0 Å². The van der Waals surface area contributed by atoms with Crippen molar-refractivity contribution < 1.29 is 37.7 Å². The van der Waals surface area contributed by atoms with Crippen LogP contribution in [0.15, 0.2) is 12.4 Å². The molecule has 0 amide bonds. The van der Waals surface area contributed by atoms with Gasteiger partial charge in [-0.2, -0.15) is 13.2 Å². The number of carboxylic acid groups (broad SMARTS) is 2. The Kier molecular flexibility index (Phi) is 7.80. The molecule has 124 valence electrons. The van der Waals surface area contributed by atoms with E-state index in [1.54, 1.807) is 7.11 Å². The second-order valence-electron chi connectivity index (χ2n) is 3.90. The quantitative estimate of drug-likeness (QED) is 0.739. The molecule has 1 atom stereocenters. The predicted octanol–water partition coefficient (Wildman–Crippen LogP) is 1.25. The molecule has 8 nitrogen and oxygen atoms in total. The predicted molar refractivity (Wildman–Crippen MR) is 67.6 cm³/mol. The minimum Gasteiger partial charge on any atom is -0.477 e. The van der Waals surface area contributed by atoms with Gasteiger partial charge in [0, 0.05) is 19.2 Å². The van der Waals surface area contributed by atoms with Crippen molar-refractivity contribution in [3.63, 3.8) is 0 Å². The van der Waals surface area contributed by atoms with Crippen molar-refractivity contribution in [1.82, 2.24) is 9.97 Å². The van der Waals surface area contributed by atoms with Crippen molar-refractivity contribution in [1.29, 1.82) is 0 Å². The number of carboxylic acids is 2. The molecule has 0 spiro atoms. The van der Waals surface area contributed by atoms with Crippen LogP contribution in [0.2, 0.25) is 0 Å². The molecule has 11 heteroatoms. The average Bonchev–Trinajstić information content (AvgIpc) is 2.38. The normalized spacial score (nSPS) is 11.9. The minimum atomic E-state index is -5.08. The van der Waals surface area contributed by atoms with Crippen LogP contribution < -0.4 is 5.32 Å². The number of nitrogens with one attached hydrogen (secondary N) is 1. The van der Waals surface area contributed by atoms with Crippen LogP contribution in [0, 0.1) is 0 Å². The zero-order valence-electron chi connectivity index (χ0n) is 11.6. The van der Waals surface area contributed by atoms with Gasteiger partial charge in [0.25, 0.3) is 0 Å². The lowest BCUT2D eigenvalue weighted by Crippen LogP contribution is -2.21. The number of alkyl halides is 3. The summed E-state index contributed by atoms with van der Waals surface area (Å²) >= 11 is 0. The van der Waals surface area contributed by atoms with Crippen molar-refractivity contribution in [3.8, 4) is 0 Å². The second-order valence-corrected chi connectivity index (χ2v) is 3.90. The fourth-order valence-electron chi connectivity index (χ4n) is 1.10. The number of rotatable bonds is 5. The first kappa shape index (κ1) is 19.6. The standard InChI is InChI=1S/C9H13N3O3.C2HF3O2/c1-6(4-15-2)12-8-3-7(9(13)14)10-5-11-8;3-2(4,5)1(6)7/h3,5-6H,4H2,1-2H3,(H,13,14)(H,10,11,12);(H,6,7)/t6-;/m1./s1. The molecule has 3 N–H and O–H groups in total. The number of methoxy groups -OCH3 is 1. The van der Waals surface area contributed by atoms with Gasteiger partial charge in [0.2, 0.25) is 0 Å². The molecular weight excluding hydrogens is 311 g/mol. The van der Waals surface area contributed by atoms with Gasteiger partial charge in [-0.15, -0.1) is 0 Å². The van der Waals surface area contributed by atoms with Gasteiger partial charge in [0.05, 0.1) is 6.61 Å². The first-order valence-corrected chi connectivity index (χ1v) is 5.68. The van der Waals surface area contributed by atoms with E-state index < -0.39 is 18.1 Å². The van der Waals surface area contributed by atoms with Crippen LogP contribution in [-0.2, 0) is 9.53 Å². The van der Waals surface area contributed by atoms with E-state index in [4.69, 9.17) is 19.7 Å². The summed E-state index contributed by atoms with van der Waals surface area (Å²) in [7, 11) is 1.60. The minimum absolute atomic E-state index is 0.0304. The van der Waals surface area contributed by atoms with Crippen molar-refractivity contribution in [2.75, 3.05) is 19.0 Å². The molecule has 0 aliphatic carbocycles. The molecule has 0 unspecified atom stereocenters. The highest BCUT2D eigenvalue weighted by molar-refractivity contribution is 5.86. The molecule has 0 bridgehead atoms. The zero-order valence-corrected chi connectivity index (χ0v) is 11.6. The largest absolute Gasteiger partial charge is 0.490 e. The first-order chi connectivity index (χ1) is 10.1. The monoisotopic (exact) mass is 325 g/mol. The molecule has 0 aromatic carbocycles. The van der Waals surface area contributed by atoms with Gasteiger partial charge < -0.3 is 20.3 Å². The van der Waals surface area contributed by atoms with E-state index in [2.05, 4.69) is 15.3 Å². The van der Waals surface area contributed by atoms with Crippen molar-refractivity contribution in [2.45, 2.75) is 19.1 Å². The Hall–Kier alpha value is -2.43. The van der Waals surface area contributed by atoms with Gasteiger partial charge in [0.1, 0.15) is 12.1 Å². The Balaban J connectivity index is 0.000000534. The van der Waals surface area contributed by atoms with Crippen molar-refractivity contribution in [2.24, 2.45) is 0 Å². The van der Waals surface area contributed by atoms with Crippen LogP contribution in [0.3, 0.4) is 0 Å². The van der Waals surface area contributed by atoms with Crippen LogP contribution >= 0.6 is 0 Å². The summed E-state index contributed by atoms with van der Waals surface area (Å²) in [4.78, 5) is 27.0. The third kappa shape index (κ3) is 7.99. The molecule has 0 aliphatic rings. The number of hydrogen-bond acceptors (Lipinski definition) is 6. The van der Waals surface area contributed by atoms with E-state index in [0.717, 1.165) is 0 Å². The van der Waals surface area contributed by atoms with Crippen LogP contribution in [-0.4, -0.2) is 58.1 Å². The Bertz CT molecular complexity index is 510. The Morgan fingerprint density at radius 3 is 2.32 bits per heavy atom. The number of aromatic nitrogens is 2. The molecule has 1 heterocycles. The number of carbonyl (C=O) groups is 2. The van der Waals surface area contributed by atoms with E-state index in [1.165, 1.54) is 12.4 Å². The Morgan fingerprint density at radius 2 is 1.91 bits per heavy atom.